The molecule has 11 rings (SSSR count). The van der Waals surface area contributed by atoms with Crippen molar-refractivity contribution in [1.82, 2.24) is 19.5 Å². The Labute approximate surface area is 310 Å². The SMILES string of the molecule is c1ccc(-c2nc(-c3ccccc3)nc(-c3cc(-c4ccc(-n5c6ccccc6c6c7ccccc7ccc65)cc4)cc4oc5ccccc5c34)n2)cc1. The zero-order valence-electron chi connectivity index (χ0n) is 29.0. The molecule has 0 saturated carbocycles. The minimum absolute atomic E-state index is 0.593. The van der Waals surface area contributed by atoms with Crippen molar-refractivity contribution in [3.63, 3.8) is 0 Å². The predicted molar refractivity (Wildman–Crippen MR) is 221 cm³/mol. The van der Waals surface area contributed by atoms with Crippen molar-refractivity contribution in [3.8, 4) is 51.0 Å². The number of nitrogens with zero attached hydrogens (tertiary/aromatic N) is 4. The summed E-state index contributed by atoms with van der Waals surface area (Å²) >= 11 is 0. The molecule has 5 heteroatoms. The molecule has 0 aliphatic carbocycles. The molecule has 0 unspecified atom stereocenters. The third-order valence-electron chi connectivity index (χ3n) is 10.4. The van der Waals surface area contributed by atoms with Crippen molar-refractivity contribution in [1.29, 1.82) is 0 Å². The lowest BCUT2D eigenvalue weighted by molar-refractivity contribution is 0.669. The van der Waals surface area contributed by atoms with E-state index in [-0.39, 0.29) is 0 Å². The summed E-state index contributed by atoms with van der Waals surface area (Å²) in [5.74, 6) is 1.83. The average Bonchev–Trinajstić information content (AvgIpc) is 3.80. The first-order chi connectivity index (χ1) is 26.8. The lowest BCUT2D eigenvalue weighted by atomic mass is 9.98. The van der Waals surface area contributed by atoms with Crippen LogP contribution < -0.4 is 0 Å². The van der Waals surface area contributed by atoms with E-state index in [9.17, 15) is 0 Å². The third kappa shape index (κ3) is 4.83. The highest BCUT2D eigenvalue weighted by molar-refractivity contribution is 6.21. The van der Waals surface area contributed by atoms with Gasteiger partial charge in [-0.2, -0.15) is 0 Å². The van der Waals surface area contributed by atoms with Crippen molar-refractivity contribution in [2.75, 3.05) is 0 Å². The first-order valence-corrected chi connectivity index (χ1v) is 18.1. The summed E-state index contributed by atoms with van der Waals surface area (Å²) in [7, 11) is 0. The van der Waals surface area contributed by atoms with Gasteiger partial charge in [-0.25, -0.2) is 15.0 Å². The number of furan rings is 1. The predicted octanol–water partition coefficient (Wildman–Crippen LogP) is 12.7. The first-order valence-electron chi connectivity index (χ1n) is 18.1. The van der Waals surface area contributed by atoms with Gasteiger partial charge in [0, 0.05) is 43.9 Å². The number of hydrogen-bond acceptors (Lipinski definition) is 4. The zero-order valence-corrected chi connectivity index (χ0v) is 29.0. The molecule has 5 nitrogen and oxygen atoms in total. The van der Waals surface area contributed by atoms with Crippen molar-refractivity contribution in [2.24, 2.45) is 0 Å². The van der Waals surface area contributed by atoms with E-state index in [2.05, 4.69) is 108 Å². The van der Waals surface area contributed by atoms with Crippen LogP contribution in [0.1, 0.15) is 0 Å². The molecule has 3 aromatic heterocycles. The summed E-state index contributed by atoms with van der Waals surface area (Å²) in [4.78, 5) is 15.2. The van der Waals surface area contributed by atoms with Crippen molar-refractivity contribution in [2.45, 2.75) is 0 Å². The molecule has 0 aliphatic rings. The van der Waals surface area contributed by atoms with Crippen molar-refractivity contribution < 1.29 is 4.42 Å². The van der Waals surface area contributed by atoms with Crippen LogP contribution in [0.25, 0.3) is 105 Å². The molecule has 0 spiro atoms. The van der Waals surface area contributed by atoms with Gasteiger partial charge in [-0.1, -0.05) is 140 Å². The van der Waals surface area contributed by atoms with E-state index >= 15 is 0 Å². The van der Waals surface area contributed by atoms with Gasteiger partial charge >= 0.3 is 0 Å². The zero-order chi connectivity index (χ0) is 35.6. The molecule has 0 N–H and O–H groups in total. The Kier molecular flexibility index (Phi) is 6.79. The molecular formula is C49H30N4O. The highest BCUT2D eigenvalue weighted by Crippen LogP contribution is 2.41. The van der Waals surface area contributed by atoms with Crippen LogP contribution in [0.2, 0.25) is 0 Å². The lowest BCUT2D eigenvalue weighted by Gasteiger charge is -2.12. The summed E-state index contributed by atoms with van der Waals surface area (Å²) in [6, 6.07) is 63.3. The maximum absolute atomic E-state index is 6.55. The van der Waals surface area contributed by atoms with Gasteiger partial charge in [-0.15, -0.1) is 0 Å². The fourth-order valence-electron chi connectivity index (χ4n) is 7.95. The maximum atomic E-state index is 6.55. The van der Waals surface area contributed by atoms with Crippen LogP contribution in [-0.2, 0) is 0 Å². The highest BCUT2D eigenvalue weighted by atomic mass is 16.3. The van der Waals surface area contributed by atoms with Crippen molar-refractivity contribution in [3.05, 3.63) is 182 Å². The molecule has 8 aromatic carbocycles. The number of benzene rings is 8. The second-order valence-corrected chi connectivity index (χ2v) is 13.6. The van der Waals surface area contributed by atoms with Gasteiger partial charge in [0.05, 0.1) is 11.0 Å². The molecule has 0 aliphatic heterocycles. The van der Waals surface area contributed by atoms with Crippen LogP contribution in [0.5, 0.6) is 0 Å². The Hall–Kier alpha value is -7.37. The molecule has 0 radical (unpaired) electrons. The molecule has 3 heterocycles. The second-order valence-electron chi connectivity index (χ2n) is 13.6. The minimum Gasteiger partial charge on any atom is -0.456 e. The van der Waals surface area contributed by atoms with Crippen LogP contribution >= 0.6 is 0 Å². The first kappa shape index (κ1) is 30.3. The molecule has 54 heavy (non-hydrogen) atoms. The van der Waals surface area contributed by atoms with Crippen LogP contribution in [-0.4, -0.2) is 19.5 Å². The average molecular weight is 691 g/mol. The van der Waals surface area contributed by atoms with E-state index in [1.54, 1.807) is 0 Å². The number of fused-ring (bicyclic) bond motifs is 8. The monoisotopic (exact) mass is 690 g/mol. The largest absolute Gasteiger partial charge is 0.456 e. The maximum Gasteiger partial charge on any atom is 0.164 e. The highest BCUT2D eigenvalue weighted by Gasteiger charge is 2.20. The molecule has 0 amide bonds. The molecule has 0 bridgehead atoms. The molecule has 0 saturated heterocycles. The molecule has 252 valence electrons. The van der Waals surface area contributed by atoms with Gasteiger partial charge in [0.25, 0.3) is 0 Å². The second kappa shape index (κ2) is 12.1. The molecule has 11 aromatic rings. The van der Waals surface area contributed by atoms with E-state index in [4.69, 9.17) is 19.4 Å². The summed E-state index contributed by atoms with van der Waals surface area (Å²) < 4.78 is 8.92. The fourth-order valence-corrected chi connectivity index (χ4v) is 7.95. The van der Waals surface area contributed by atoms with E-state index < -0.39 is 0 Å². The normalized spacial score (nSPS) is 11.7. The Morgan fingerprint density at radius 1 is 0.370 bits per heavy atom. The van der Waals surface area contributed by atoms with Crippen LogP contribution in [0, 0.1) is 0 Å². The van der Waals surface area contributed by atoms with E-state index in [0.29, 0.717) is 17.5 Å². The van der Waals surface area contributed by atoms with Crippen LogP contribution in [0.4, 0.5) is 0 Å². The number of para-hydroxylation sites is 2. The molecular weight excluding hydrogens is 661 g/mol. The van der Waals surface area contributed by atoms with Crippen molar-refractivity contribution >= 4 is 54.5 Å². The van der Waals surface area contributed by atoms with E-state index in [1.165, 1.54) is 32.6 Å². The van der Waals surface area contributed by atoms with Gasteiger partial charge in [-0.3, -0.25) is 0 Å². The summed E-state index contributed by atoms with van der Waals surface area (Å²) in [5, 5.41) is 7.02. The van der Waals surface area contributed by atoms with Gasteiger partial charge in [0.1, 0.15) is 11.2 Å². The summed E-state index contributed by atoms with van der Waals surface area (Å²) in [6.07, 6.45) is 0. The number of rotatable bonds is 5. The topological polar surface area (TPSA) is 56.7 Å². The smallest absolute Gasteiger partial charge is 0.164 e. The Balaban J connectivity index is 1.11. The number of aromatic nitrogens is 4. The quantitative estimate of drug-likeness (QED) is 0.180. The van der Waals surface area contributed by atoms with Gasteiger partial charge in [0.2, 0.25) is 0 Å². The lowest BCUT2D eigenvalue weighted by Crippen LogP contribution is -2.00. The molecule has 0 fully saturated rings. The van der Waals surface area contributed by atoms with Gasteiger partial charge < -0.3 is 8.98 Å². The summed E-state index contributed by atoms with van der Waals surface area (Å²) in [5.41, 5.74) is 9.89. The Morgan fingerprint density at radius 2 is 0.981 bits per heavy atom. The van der Waals surface area contributed by atoms with E-state index in [0.717, 1.165) is 55.4 Å². The standard InChI is InChI=1S/C49H30N4O/c1-3-14-33(15-4-1)47-50-48(34-16-5-2-6-17-34)52-49(51-47)40-29-35(30-44-46(40)39-20-10-12-22-43(39)54-44)31-23-26-36(27-24-31)53-41-21-11-9-19-38(41)45-37-18-8-7-13-32(37)25-28-42(45)53/h1-30H. The van der Waals surface area contributed by atoms with Crippen LogP contribution in [0.3, 0.4) is 0 Å². The molecule has 0 atom stereocenters. The Morgan fingerprint density at radius 3 is 1.72 bits per heavy atom. The Bertz CT molecular complexity index is 3140. The van der Waals surface area contributed by atoms with E-state index in [1.807, 2.05) is 78.9 Å². The minimum atomic E-state index is 0.593. The third-order valence-corrected chi connectivity index (χ3v) is 10.4. The van der Waals surface area contributed by atoms with Gasteiger partial charge in [-0.05, 0) is 64.4 Å². The number of hydrogen-bond donors (Lipinski definition) is 0. The fraction of sp³-hybridized carbons (Fsp3) is 0. The van der Waals surface area contributed by atoms with Gasteiger partial charge in [0.15, 0.2) is 17.5 Å². The summed E-state index contributed by atoms with van der Waals surface area (Å²) in [6.45, 7) is 0. The van der Waals surface area contributed by atoms with Crippen LogP contribution in [0.15, 0.2) is 186 Å².